The number of aromatic nitrogens is 1. The van der Waals surface area contributed by atoms with E-state index in [9.17, 15) is 4.21 Å². The number of hydrogen-bond donors (Lipinski definition) is 2. The lowest BCUT2D eigenvalue weighted by Gasteiger charge is -2.19. The number of nitrogens with zero attached hydrogens (tertiary/aromatic N) is 1. The summed E-state index contributed by atoms with van der Waals surface area (Å²) < 4.78 is 27.0. The van der Waals surface area contributed by atoms with E-state index in [0.717, 1.165) is 5.69 Å². The monoisotopic (exact) mass is 244 g/mol. The number of methoxy groups -OCH3 is 1. The third-order valence-corrected chi connectivity index (χ3v) is 2.45. The van der Waals surface area contributed by atoms with Crippen LogP contribution in [-0.2, 0) is 16.7 Å². The Bertz CT molecular complexity index is 402. The maximum absolute atomic E-state index is 10.7. The van der Waals surface area contributed by atoms with Gasteiger partial charge >= 0.3 is 0 Å². The molecule has 2 N–H and O–H groups in total. The Balaban J connectivity index is 3.16. The molecule has 90 valence electrons. The molecule has 1 unspecified atom stereocenters. The molecule has 0 aromatic carbocycles. The Labute approximate surface area is 97.7 Å². The summed E-state index contributed by atoms with van der Waals surface area (Å²) in [7, 11) is 1.49. The van der Waals surface area contributed by atoms with Crippen LogP contribution < -0.4 is 9.46 Å². The fourth-order valence-electron chi connectivity index (χ4n) is 1.19. The fourth-order valence-corrected chi connectivity index (χ4v) is 1.54. The summed E-state index contributed by atoms with van der Waals surface area (Å²) in [6, 6.07) is 1.72. The summed E-state index contributed by atoms with van der Waals surface area (Å²) >= 11 is -2.12. The standard InChI is InChI=1S/C10H16N2O3S/c1-10(2,3)9-5-7(12-16(13)14)8(15-4)6-11-9/h5-6H,1-4H3,(H,11,12)(H,13,14). The van der Waals surface area contributed by atoms with Crippen molar-refractivity contribution in [2.24, 2.45) is 0 Å². The SMILES string of the molecule is COc1cnc(C(C)(C)C)cc1NS(=O)O. The van der Waals surface area contributed by atoms with Crippen LogP contribution in [-0.4, -0.2) is 20.9 Å². The van der Waals surface area contributed by atoms with Crippen molar-refractivity contribution < 1.29 is 13.5 Å². The highest BCUT2D eigenvalue weighted by Gasteiger charge is 2.18. The molecule has 0 bridgehead atoms. The van der Waals surface area contributed by atoms with Crippen LogP contribution in [0.4, 0.5) is 5.69 Å². The van der Waals surface area contributed by atoms with Crippen molar-refractivity contribution in [2.45, 2.75) is 26.2 Å². The summed E-state index contributed by atoms with van der Waals surface area (Å²) in [5.41, 5.74) is 1.16. The molecule has 0 saturated heterocycles. The molecule has 0 fully saturated rings. The summed E-state index contributed by atoms with van der Waals surface area (Å²) in [4.78, 5) is 4.24. The first kappa shape index (κ1) is 12.9. The number of rotatable bonds is 3. The Morgan fingerprint density at radius 2 is 2.12 bits per heavy atom. The molecule has 0 spiro atoms. The van der Waals surface area contributed by atoms with Crippen LogP contribution in [0.1, 0.15) is 26.5 Å². The molecule has 6 heteroatoms. The first-order chi connectivity index (χ1) is 7.34. The summed E-state index contributed by atoms with van der Waals surface area (Å²) in [6.07, 6.45) is 1.54. The van der Waals surface area contributed by atoms with E-state index in [2.05, 4.69) is 9.71 Å². The molecule has 0 aliphatic carbocycles. The van der Waals surface area contributed by atoms with Gasteiger partial charge in [0.05, 0.1) is 19.0 Å². The number of pyridine rings is 1. The molecule has 0 saturated carbocycles. The molecule has 5 nitrogen and oxygen atoms in total. The van der Waals surface area contributed by atoms with Gasteiger partial charge in [-0.05, 0) is 6.07 Å². The van der Waals surface area contributed by atoms with Gasteiger partial charge in [0.15, 0.2) is 5.75 Å². The number of nitrogens with one attached hydrogen (secondary N) is 1. The van der Waals surface area contributed by atoms with Crippen molar-refractivity contribution in [1.29, 1.82) is 0 Å². The van der Waals surface area contributed by atoms with E-state index in [-0.39, 0.29) is 5.41 Å². The molecule has 1 rings (SSSR count). The van der Waals surface area contributed by atoms with Gasteiger partial charge < -0.3 is 4.74 Å². The van der Waals surface area contributed by atoms with Gasteiger partial charge in [0.2, 0.25) is 0 Å². The maximum atomic E-state index is 10.7. The molecule has 0 aliphatic rings. The lowest BCUT2D eigenvalue weighted by Crippen LogP contribution is -2.14. The van der Waals surface area contributed by atoms with Crippen LogP contribution >= 0.6 is 0 Å². The van der Waals surface area contributed by atoms with Crippen molar-refractivity contribution in [3.8, 4) is 5.75 Å². The van der Waals surface area contributed by atoms with Crippen LogP contribution in [0.3, 0.4) is 0 Å². The molecule has 1 heterocycles. The molecule has 1 aromatic heterocycles. The third kappa shape index (κ3) is 3.18. The van der Waals surface area contributed by atoms with E-state index < -0.39 is 11.3 Å². The van der Waals surface area contributed by atoms with Gasteiger partial charge in [0.1, 0.15) is 0 Å². The number of hydrogen-bond acceptors (Lipinski definition) is 3. The van der Waals surface area contributed by atoms with Crippen LogP contribution in [0.15, 0.2) is 12.3 Å². The average molecular weight is 244 g/mol. The first-order valence-corrected chi connectivity index (χ1v) is 5.87. The lowest BCUT2D eigenvalue weighted by molar-refractivity contribution is 0.413. The normalized spacial score (nSPS) is 13.3. The van der Waals surface area contributed by atoms with Gasteiger partial charge in [-0.25, -0.2) is 4.21 Å². The van der Waals surface area contributed by atoms with Crippen molar-refractivity contribution >= 4 is 17.0 Å². The number of anilines is 1. The zero-order chi connectivity index (χ0) is 12.3. The van der Waals surface area contributed by atoms with Gasteiger partial charge in [0.25, 0.3) is 11.3 Å². The smallest absolute Gasteiger partial charge is 0.259 e. The second kappa shape index (κ2) is 4.80. The Hall–Kier alpha value is -1.14. The highest BCUT2D eigenvalue weighted by Crippen LogP contribution is 2.29. The third-order valence-electron chi connectivity index (χ3n) is 2.05. The van der Waals surface area contributed by atoms with E-state index in [1.807, 2.05) is 20.8 Å². The molecular formula is C10H16N2O3S. The van der Waals surface area contributed by atoms with Crippen LogP contribution in [0.5, 0.6) is 5.75 Å². The van der Waals surface area contributed by atoms with Crippen LogP contribution in [0, 0.1) is 0 Å². The van der Waals surface area contributed by atoms with Crippen molar-refractivity contribution in [3.63, 3.8) is 0 Å². The second-order valence-electron chi connectivity index (χ2n) is 4.37. The first-order valence-electron chi connectivity index (χ1n) is 4.76. The fraction of sp³-hybridized carbons (Fsp3) is 0.500. The van der Waals surface area contributed by atoms with Crippen LogP contribution in [0.2, 0.25) is 0 Å². The van der Waals surface area contributed by atoms with Crippen molar-refractivity contribution in [2.75, 3.05) is 11.8 Å². The van der Waals surface area contributed by atoms with E-state index in [0.29, 0.717) is 11.4 Å². The van der Waals surface area contributed by atoms with E-state index in [1.165, 1.54) is 13.3 Å². The zero-order valence-electron chi connectivity index (χ0n) is 9.77. The van der Waals surface area contributed by atoms with Gasteiger partial charge in [-0.1, -0.05) is 20.8 Å². The predicted molar refractivity (Wildman–Crippen MR) is 63.9 cm³/mol. The number of ether oxygens (including phenoxy) is 1. The van der Waals surface area contributed by atoms with Gasteiger partial charge in [0, 0.05) is 11.1 Å². The topological polar surface area (TPSA) is 71.5 Å². The van der Waals surface area contributed by atoms with Crippen LogP contribution in [0.25, 0.3) is 0 Å². The van der Waals surface area contributed by atoms with E-state index in [1.54, 1.807) is 6.07 Å². The molecule has 0 aliphatic heterocycles. The molecular weight excluding hydrogens is 228 g/mol. The lowest BCUT2D eigenvalue weighted by atomic mass is 9.91. The maximum Gasteiger partial charge on any atom is 0.259 e. The molecule has 0 radical (unpaired) electrons. The molecule has 1 aromatic rings. The predicted octanol–water partition coefficient (Wildman–Crippen LogP) is 1.94. The summed E-state index contributed by atoms with van der Waals surface area (Å²) in [5, 5.41) is 0. The van der Waals surface area contributed by atoms with Crippen molar-refractivity contribution in [1.82, 2.24) is 4.98 Å². The highest BCUT2D eigenvalue weighted by molar-refractivity contribution is 7.80. The largest absolute Gasteiger partial charge is 0.493 e. The summed E-state index contributed by atoms with van der Waals surface area (Å²) in [5.74, 6) is 0.440. The van der Waals surface area contributed by atoms with Gasteiger partial charge in [-0.15, -0.1) is 0 Å². The van der Waals surface area contributed by atoms with Crippen molar-refractivity contribution in [3.05, 3.63) is 18.0 Å². The van der Waals surface area contributed by atoms with E-state index in [4.69, 9.17) is 9.29 Å². The minimum absolute atomic E-state index is 0.125. The Morgan fingerprint density at radius 3 is 2.56 bits per heavy atom. The minimum atomic E-state index is -2.12. The van der Waals surface area contributed by atoms with Gasteiger partial charge in [-0.3, -0.25) is 14.3 Å². The van der Waals surface area contributed by atoms with Gasteiger partial charge in [-0.2, -0.15) is 0 Å². The average Bonchev–Trinajstić information content (AvgIpc) is 2.15. The quantitative estimate of drug-likeness (QED) is 0.797. The molecule has 0 amide bonds. The Morgan fingerprint density at radius 1 is 1.50 bits per heavy atom. The summed E-state index contributed by atoms with van der Waals surface area (Å²) in [6.45, 7) is 6.05. The molecule has 16 heavy (non-hydrogen) atoms. The minimum Gasteiger partial charge on any atom is -0.493 e. The zero-order valence-corrected chi connectivity index (χ0v) is 10.6. The molecule has 1 atom stereocenters. The van der Waals surface area contributed by atoms with E-state index >= 15 is 0 Å². The highest BCUT2D eigenvalue weighted by atomic mass is 32.2. The Kier molecular flexibility index (Phi) is 3.88. The second-order valence-corrected chi connectivity index (χ2v) is 5.07.